The second-order valence-corrected chi connectivity index (χ2v) is 3.87. The number of hydrogen-bond acceptors (Lipinski definition) is 5. The molecule has 0 fully saturated rings. The van der Waals surface area contributed by atoms with E-state index < -0.39 is 11.9 Å². The number of carbonyl (C=O) groups excluding carboxylic acids is 1. The number of rotatable bonds is 3. The van der Waals surface area contributed by atoms with E-state index in [0.29, 0.717) is 5.02 Å². The number of carbonyl (C=O) groups is 2. The van der Waals surface area contributed by atoms with Gasteiger partial charge in [-0.15, -0.1) is 0 Å². The Hall–Kier alpha value is -2.47. The number of benzene rings is 1. The summed E-state index contributed by atoms with van der Waals surface area (Å²) < 4.78 is 5.00. The Morgan fingerprint density at radius 1 is 1.11 bits per heavy atom. The minimum absolute atomic E-state index is 0.185. The van der Waals surface area contributed by atoms with Gasteiger partial charge in [-0.1, -0.05) is 11.6 Å². The van der Waals surface area contributed by atoms with Crippen molar-refractivity contribution < 1.29 is 19.4 Å². The zero-order valence-electron chi connectivity index (χ0n) is 9.41. The standard InChI is InChI=1S/C12H7ClN2O4/c13-7-1-3-8(4-2-7)19-12(18)10-6-14-5-9(15-10)11(16)17/h1-6H,(H,16,17). The van der Waals surface area contributed by atoms with Gasteiger partial charge >= 0.3 is 11.9 Å². The van der Waals surface area contributed by atoms with E-state index in [1.54, 1.807) is 12.1 Å². The maximum Gasteiger partial charge on any atom is 0.363 e. The number of halogens is 1. The van der Waals surface area contributed by atoms with Crippen LogP contribution in [0.15, 0.2) is 36.7 Å². The van der Waals surface area contributed by atoms with Crippen molar-refractivity contribution in [2.24, 2.45) is 0 Å². The Kier molecular flexibility index (Phi) is 3.72. The lowest BCUT2D eigenvalue weighted by Gasteiger charge is -2.03. The van der Waals surface area contributed by atoms with E-state index >= 15 is 0 Å². The van der Waals surface area contributed by atoms with Crippen molar-refractivity contribution in [2.75, 3.05) is 0 Å². The third-order valence-corrected chi connectivity index (χ3v) is 2.34. The smallest absolute Gasteiger partial charge is 0.363 e. The number of nitrogens with zero attached hydrogens (tertiary/aromatic N) is 2. The molecule has 1 aromatic carbocycles. The molecule has 0 unspecified atom stereocenters. The monoisotopic (exact) mass is 278 g/mol. The Bertz CT molecular complexity index is 628. The van der Waals surface area contributed by atoms with Gasteiger partial charge in [0.05, 0.1) is 12.4 Å². The van der Waals surface area contributed by atoms with Crippen LogP contribution in [-0.2, 0) is 0 Å². The van der Waals surface area contributed by atoms with E-state index in [1.807, 2.05) is 0 Å². The lowest BCUT2D eigenvalue weighted by Crippen LogP contribution is -2.13. The van der Waals surface area contributed by atoms with Gasteiger partial charge in [0.1, 0.15) is 5.75 Å². The van der Waals surface area contributed by atoms with Crippen molar-refractivity contribution in [1.29, 1.82) is 0 Å². The molecule has 2 aromatic rings. The summed E-state index contributed by atoms with van der Waals surface area (Å²) in [6.07, 6.45) is 2.17. The first-order valence-corrected chi connectivity index (χ1v) is 5.47. The van der Waals surface area contributed by atoms with Crippen LogP contribution in [0.1, 0.15) is 21.0 Å². The Morgan fingerprint density at radius 2 is 1.74 bits per heavy atom. The SMILES string of the molecule is O=C(O)c1cncc(C(=O)Oc2ccc(Cl)cc2)n1. The molecule has 0 saturated heterocycles. The summed E-state index contributed by atoms with van der Waals surface area (Å²) in [6, 6.07) is 6.14. The van der Waals surface area contributed by atoms with Gasteiger partial charge in [0.2, 0.25) is 0 Å². The molecule has 7 heteroatoms. The summed E-state index contributed by atoms with van der Waals surface area (Å²) >= 11 is 5.69. The Labute approximate surface area is 112 Å². The van der Waals surface area contributed by atoms with Crippen LogP contribution in [0.25, 0.3) is 0 Å². The van der Waals surface area contributed by atoms with Gasteiger partial charge in [-0.05, 0) is 24.3 Å². The molecule has 0 bridgehead atoms. The molecule has 19 heavy (non-hydrogen) atoms. The van der Waals surface area contributed by atoms with E-state index in [4.69, 9.17) is 21.4 Å². The molecule has 0 aliphatic carbocycles. The predicted octanol–water partition coefficient (Wildman–Crippen LogP) is 2.05. The Morgan fingerprint density at radius 3 is 2.37 bits per heavy atom. The van der Waals surface area contributed by atoms with Crippen molar-refractivity contribution in [2.45, 2.75) is 0 Å². The molecule has 0 radical (unpaired) electrons. The maximum atomic E-state index is 11.7. The average molecular weight is 279 g/mol. The number of hydrogen-bond donors (Lipinski definition) is 1. The first-order valence-electron chi connectivity index (χ1n) is 5.09. The summed E-state index contributed by atoms with van der Waals surface area (Å²) in [4.78, 5) is 29.7. The van der Waals surface area contributed by atoms with E-state index in [1.165, 1.54) is 12.1 Å². The molecule has 2 rings (SSSR count). The molecule has 6 nitrogen and oxygen atoms in total. The normalized spacial score (nSPS) is 9.95. The number of esters is 1. The highest BCUT2D eigenvalue weighted by Gasteiger charge is 2.14. The van der Waals surface area contributed by atoms with Gasteiger partial charge in [-0.3, -0.25) is 4.98 Å². The van der Waals surface area contributed by atoms with Crippen LogP contribution >= 0.6 is 11.6 Å². The minimum Gasteiger partial charge on any atom is -0.476 e. The summed E-state index contributed by atoms with van der Waals surface area (Å²) in [5.41, 5.74) is -0.514. The lowest BCUT2D eigenvalue weighted by atomic mass is 10.3. The van der Waals surface area contributed by atoms with Crippen LogP contribution in [0, 0.1) is 0 Å². The highest BCUT2D eigenvalue weighted by molar-refractivity contribution is 6.30. The third kappa shape index (κ3) is 3.26. The van der Waals surface area contributed by atoms with Crippen molar-refractivity contribution in [3.8, 4) is 5.75 Å². The molecule has 1 aromatic heterocycles. The van der Waals surface area contributed by atoms with Gasteiger partial charge in [-0.25, -0.2) is 14.6 Å². The molecule has 0 amide bonds. The van der Waals surface area contributed by atoms with Crippen LogP contribution < -0.4 is 4.74 Å². The van der Waals surface area contributed by atoms with Crippen LogP contribution in [0.5, 0.6) is 5.75 Å². The molecular weight excluding hydrogens is 272 g/mol. The molecule has 0 aliphatic rings. The van der Waals surface area contributed by atoms with Crippen LogP contribution in [0.4, 0.5) is 0 Å². The van der Waals surface area contributed by atoms with Crippen LogP contribution in [0.3, 0.4) is 0 Å². The minimum atomic E-state index is -1.27. The highest BCUT2D eigenvalue weighted by Crippen LogP contribution is 2.16. The molecule has 1 N–H and O–H groups in total. The van der Waals surface area contributed by atoms with Gasteiger partial charge in [0.15, 0.2) is 11.4 Å². The predicted molar refractivity (Wildman–Crippen MR) is 65.4 cm³/mol. The average Bonchev–Trinajstić information content (AvgIpc) is 2.41. The fraction of sp³-hybridized carbons (Fsp3) is 0. The van der Waals surface area contributed by atoms with Crippen molar-refractivity contribution in [3.63, 3.8) is 0 Å². The number of carboxylic acid groups (broad SMARTS) is 1. The lowest BCUT2D eigenvalue weighted by molar-refractivity contribution is 0.0689. The first kappa shape index (κ1) is 13.0. The van der Waals surface area contributed by atoms with E-state index in [-0.39, 0.29) is 17.1 Å². The van der Waals surface area contributed by atoms with E-state index in [9.17, 15) is 9.59 Å². The van der Waals surface area contributed by atoms with E-state index in [2.05, 4.69) is 9.97 Å². The second kappa shape index (κ2) is 5.45. The Balaban J connectivity index is 2.18. The van der Waals surface area contributed by atoms with Gasteiger partial charge in [-0.2, -0.15) is 0 Å². The molecule has 96 valence electrons. The fourth-order valence-corrected chi connectivity index (χ4v) is 1.36. The zero-order valence-corrected chi connectivity index (χ0v) is 10.2. The molecule has 0 saturated carbocycles. The summed E-state index contributed by atoms with van der Waals surface area (Å²) in [6.45, 7) is 0. The molecular formula is C12H7ClN2O4. The largest absolute Gasteiger partial charge is 0.476 e. The number of aromatic carboxylic acids is 1. The topological polar surface area (TPSA) is 89.4 Å². The molecule has 0 aliphatic heterocycles. The first-order chi connectivity index (χ1) is 9.06. The molecule has 1 heterocycles. The summed E-state index contributed by atoms with van der Waals surface area (Å²) in [5.74, 6) is -1.79. The number of carboxylic acids is 1. The highest BCUT2D eigenvalue weighted by atomic mass is 35.5. The molecule has 0 atom stereocenters. The number of aromatic nitrogens is 2. The van der Waals surface area contributed by atoms with Crippen LogP contribution in [0.2, 0.25) is 5.02 Å². The van der Waals surface area contributed by atoms with E-state index in [0.717, 1.165) is 12.4 Å². The van der Waals surface area contributed by atoms with Gasteiger partial charge in [0.25, 0.3) is 0 Å². The van der Waals surface area contributed by atoms with Crippen molar-refractivity contribution in [3.05, 3.63) is 53.1 Å². The summed E-state index contributed by atoms with van der Waals surface area (Å²) in [7, 11) is 0. The van der Waals surface area contributed by atoms with Gasteiger partial charge in [0, 0.05) is 5.02 Å². The van der Waals surface area contributed by atoms with Crippen molar-refractivity contribution in [1.82, 2.24) is 9.97 Å². The maximum absolute atomic E-state index is 11.7. The number of ether oxygens (including phenoxy) is 1. The zero-order chi connectivity index (χ0) is 13.8. The van der Waals surface area contributed by atoms with Crippen molar-refractivity contribution >= 4 is 23.5 Å². The third-order valence-electron chi connectivity index (χ3n) is 2.09. The fourth-order valence-electron chi connectivity index (χ4n) is 1.23. The molecule has 0 spiro atoms. The van der Waals surface area contributed by atoms with Crippen LogP contribution in [-0.4, -0.2) is 27.0 Å². The van der Waals surface area contributed by atoms with Gasteiger partial charge < -0.3 is 9.84 Å². The quantitative estimate of drug-likeness (QED) is 0.683. The summed E-state index contributed by atoms with van der Waals surface area (Å²) in [5, 5.41) is 9.25. The second-order valence-electron chi connectivity index (χ2n) is 3.44.